The summed E-state index contributed by atoms with van der Waals surface area (Å²) in [4.78, 5) is 26.9. The lowest BCUT2D eigenvalue weighted by Crippen LogP contribution is -2.55. The van der Waals surface area contributed by atoms with Crippen LogP contribution in [0.1, 0.15) is 60.7 Å². The number of anilines is 1. The summed E-state index contributed by atoms with van der Waals surface area (Å²) in [7, 11) is -4.37. The molecule has 3 aromatic carbocycles. The second-order valence-electron chi connectivity index (χ2n) is 11.8. The first kappa shape index (κ1) is 32.4. The van der Waals surface area contributed by atoms with Crippen LogP contribution in [0.5, 0.6) is 0 Å². The van der Waals surface area contributed by atoms with E-state index in [1.165, 1.54) is 31.2 Å². The molecular formula is C32H32F5N3O4S. The molecule has 2 aliphatic heterocycles. The third-order valence-corrected chi connectivity index (χ3v) is 10.6. The second-order valence-corrected chi connectivity index (χ2v) is 13.6. The zero-order valence-corrected chi connectivity index (χ0v) is 25.6. The lowest BCUT2D eigenvalue weighted by atomic mass is 9.66. The van der Waals surface area contributed by atoms with Crippen molar-refractivity contribution in [3.05, 3.63) is 94.6 Å². The maximum absolute atomic E-state index is 16.8. The van der Waals surface area contributed by atoms with E-state index >= 15 is 4.39 Å². The largest absolute Gasteiger partial charge is 0.416 e. The van der Waals surface area contributed by atoms with Crippen molar-refractivity contribution >= 4 is 27.5 Å². The molecule has 7 nitrogen and oxygen atoms in total. The highest BCUT2D eigenvalue weighted by Gasteiger charge is 2.58. The molecule has 2 aliphatic rings. The Morgan fingerprint density at radius 3 is 2.18 bits per heavy atom. The highest BCUT2D eigenvalue weighted by molar-refractivity contribution is 7.92. The number of likely N-dealkylation sites (tertiary alicyclic amines) is 1. The van der Waals surface area contributed by atoms with E-state index in [1.54, 1.807) is 18.7 Å². The molecule has 3 aromatic rings. The van der Waals surface area contributed by atoms with Crippen LogP contribution in [0, 0.1) is 17.6 Å². The molecule has 1 unspecified atom stereocenters. The number of fused-ring (bicyclic) bond motifs is 2. The molecular weight excluding hydrogens is 617 g/mol. The minimum Gasteiger partial charge on any atom is -0.348 e. The number of nitrogens with one attached hydrogen (secondary N) is 1. The van der Waals surface area contributed by atoms with Crippen molar-refractivity contribution in [2.75, 3.05) is 17.4 Å². The van der Waals surface area contributed by atoms with Crippen molar-refractivity contribution in [2.45, 2.75) is 62.7 Å². The Morgan fingerprint density at radius 2 is 1.60 bits per heavy atom. The van der Waals surface area contributed by atoms with Crippen molar-refractivity contribution in [1.82, 2.24) is 10.2 Å². The monoisotopic (exact) mass is 649 g/mol. The van der Waals surface area contributed by atoms with Crippen LogP contribution in [0.4, 0.5) is 27.6 Å². The number of halogens is 5. The van der Waals surface area contributed by atoms with Crippen LogP contribution in [0.15, 0.2) is 65.6 Å². The summed E-state index contributed by atoms with van der Waals surface area (Å²) in [6.45, 7) is 4.91. The molecule has 1 spiro atoms. The van der Waals surface area contributed by atoms with Gasteiger partial charge in [0.05, 0.1) is 27.8 Å². The SMILES string of the molecule is CC(=O)N1CCC2(CC1)c1c(ccc(C(=O)NCc3ccccc3C(F)(F)F)c1F)N(S(=O)(=O)c1ccc(F)cc1)C2C(C)C. The summed E-state index contributed by atoms with van der Waals surface area (Å²) < 4.78 is 100. The quantitative estimate of drug-likeness (QED) is 0.331. The first-order chi connectivity index (χ1) is 21.1. The van der Waals surface area contributed by atoms with Gasteiger partial charge in [0.25, 0.3) is 15.9 Å². The minimum absolute atomic E-state index is 0.00145. The Morgan fingerprint density at radius 1 is 0.978 bits per heavy atom. The summed E-state index contributed by atoms with van der Waals surface area (Å²) in [5, 5.41) is 2.38. The normalized spacial score (nSPS) is 17.9. The number of rotatable bonds is 6. The zero-order chi connectivity index (χ0) is 32.9. The average Bonchev–Trinajstić information content (AvgIpc) is 3.27. The van der Waals surface area contributed by atoms with Crippen LogP contribution in [-0.2, 0) is 33.0 Å². The fourth-order valence-corrected chi connectivity index (χ4v) is 8.68. The van der Waals surface area contributed by atoms with Gasteiger partial charge in [0.1, 0.15) is 11.6 Å². The first-order valence-corrected chi connectivity index (χ1v) is 15.9. The Balaban J connectivity index is 1.61. The van der Waals surface area contributed by atoms with Gasteiger partial charge in [-0.05, 0) is 66.8 Å². The lowest BCUT2D eigenvalue weighted by Gasteiger charge is -2.46. The molecule has 0 aromatic heterocycles. The summed E-state index contributed by atoms with van der Waals surface area (Å²) in [5.41, 5.74) is -2.72. The molecule has 5 rings (SSSR count). The minimum atomic E-state index is -4.66. The number of carbonyl (C=O) groups excluding carboxylic acids is 2. The number of piperidine rings is 1. The molecule has 240 valence electrons. The van der Waals surface area contributed by atoms with E-state index < -0.39 is 62.9 Å². The van der Waals surface area contributed by atoms with Gasteiger partial charge in [-0.3, -0.25) is 13.9 Å². The van der Waals surface area contributed by atoms with Crippen molar-refractivity contribution in [3.8, 4) is 0 Å². The van der Waals surface area contributed by atoms with Gasteiger partial charge in [-0.1, -0.05) is 32.0 Å². The number of carbonyl (C=O) groups is 2. The number of hydrogen-bond donors (Lipinski definition) is 1. The number of amides is 2. The van der Waals surface area contributed by atoms with Crippen LogP contribution in [0.3, 0.4) is 0 Å². The van der Waals surface area contributed by atoms with Gasteiger partial charge in [-0.25, -0.2) is 17.2 Å². The number of hydrogen-bond acceptors (Lipinski definition) is 4. The smallest absolute Gasteiger partial charge is 0.348 e. The van der Waals surface area contributed by atoms with E-state index in [-0.39, 0.29) is 59.5 Å². The van der Waals surface area contributed by atoms with E-state index in [1.807, 2.05) is 0 Å². The van der Waals surface area contributed by atoms with Gasteiger partial charge in [-0.2, -0.15) is 13.2 Å². The van der Waals surface area contributed by atoms with Gasteiger partial charge in [0.2, 0.25) is 5.91 Å². The van der Waals surface area contributed by atoms with Crippen molar-refractivity contribution in [3.63, 3.8) is 0 Å². The molecule has 0 bridgehead atoms. The topological polar surface area (TPSA) is 86.8 Å². The molecule has 0 saturated carbocycles. The van der Waals surface area contributed by atoms with E-state index in [0.717, 1.165) is 40.7 Å². The van der Waals surface area contributed by atoms with Crippen LogP contribution in [-0.4, -0.2) is 44.3 Å². The maximum atomic E-state index is 16.8. The number of alkyl halides is 3. The van der Waals surface area contributed by atoms with Crippen LogP contribution >= 0.6 is 0 Å². The van der Waals surface area contributed by atoms with Crippen molar-refractivity contribution < 1.29 is 40.0 Å². The zero-order valence-electron chi connectivity index (χ0n) is 24.8. The number of sulfonamides is 1. The van der Waals surface area contributed by atoms with Gasteiger partial charge in [-0.15, -0.1) is 0 Å². The van der Waals surface area contributed by atoms with Crippen LogP contribution < -0.4 is 9.62 Å². The summed E-state index contributed by atoms with van der Waals surface area (Å²) in [6.07, 6.45) is -4.27. The van der Waals surface area contributed by atoms with Crippen LogP contribution in [0.25, 0.3) is 0 Å². The predicted molar refractivity (Wildman–Crippen MR) is 157 cm³/mol. The lowest BCUT2D eigenvalue weighted by molar-refractivity contribution is -0.138. The summed E-state index contributed by atoms with van der Waals surface area (Å²) >= 11 is 0. The van der Waals surface area contributed by atoms with Crippen molar-refractivity contribution in [1.29, 1.82) is 0 Å². The van der Waals surface area contributed by atoms with E-state index in [4.69, 9.17) is 0 Å². The fourth-order valence-electron chi connectivity index (χ4n) is 6.82. The summed E-state index contributed by atoms with van der Waals surface area (Å²) in [6, 6.07) is 10.6. The third-order valence-electron chi connectivity index (χ3n) is 8.78. The Hall–Kier alpha value is -4.00. The highest BCUT2D eigenvalue weighted by Crippen LogP contribution is 2.56. The third kappa shape index (κ3) is 5.66. The van der Waals surface area contributed by atoms with Crippen molar-refractivity contribution in [2.24, 2.45) is 5.92 Å². The first-order valence-electron chi connectivity index (χ1n) is 14.4. The second kappa shape index (κ2) is 11.7. The molecule has 1 saturated heterocycles. The molecule has 2 heterocycles. The Labute approximate surface area is 258 Å². The molecule has 0 radical (unpaired) electrons. The summed E-state index contributed by atoms with van der Waals surface area (Å²) in [5.74, 6) is -3.14. The van der Waals surface area contributed by atoms with E-state index in [2.05, 4.69) is 5.32 Å². The Bertz CT molecular complexity index is 1730. The van der Waals surface area contributed by atoms with Gasteiger partial charge < -0.3 is 10.2 Å². The number of benzene rings is 3. The highest BCUT2D eigenvalue weighted by atomic mass is 32.2. The Kier molecular flexibility index (Phi) is 8.45. The maximum Gasteiger partial charge on any atom is 0.416 e. The molecule has 45 heavy (non-hydrogen) atoms. The average molecular weight is 650 g/mol. The van der Waals surface area contributed by atoms with Gasteiger partial charge in [0.15, 0.2) is 0 Å². The molecule has 2 amide bonds. The number of nitrogens with zero attached hydrogens (tertiary/aromatic N) is 2. The van der Waals surface area contributed by atoms with Gasteiger partial charge in [0, 0.05) is 37.5 Å². The molecule has 13 heteroatoms. The van der Waals surface area contributed by atoms with Crippen LogP contribution in [0.2, 0.25) is 0 Å². The van der Waals surface area contributed by atoms with E-state index in [0.29, 0.717) is 0 Å². The molecule has 1 N–H and O–H groups in total. The van der Waals surface area contributed by atoms with E-state index in [9.17, 15) is 35.6 Å². The molecule has 1 atom stereocenters. The predicted octanol–water partition coefficient (Wildman–Crippen LogP) is 6.03. The van der Waals surface area contributed by atoms with Gasteiger partial charge >= 0.3 is 6.18 Å². The molecule has 1 fully saturated rings. The fraction of sp³-hybridized carbons (Fsp3) is 0.375. The molecule has 0 aliphatic carbocycles. The standard InChI is InChI=1S/C32H32F5N3O4S/c1-19(2)29-31(14-16-39(17-15-31)20(3)41)27-26(40(29)45(43,44)23-10-8-22(33)9-11-23)13-12-24(28(27)34)30(42)38-18-21-6-4-5-7-25(21)32(35,36)37/h4-13,19,29H,14-18H2,1-3H3,(H,38,42).